The molecular formula is C15H24N2O4. The van der Waals surface area contributed by atoms with Crippen molar-refractivity contribution in [2.24, 2.45) is 0 Å². The Balaban J connectivity index is 1.86. The Morgan fingerprint density at radius 1 is 1.52 bits per heavy atom. The van der Waals surface area contributed by atoms with E-state index in [1.54, 1.807) is 4.90 Å². The first-order chi connectivity index (χ1) is 9.67. The summed E-state index contributed by atoms with van der Waals surface area (Å²) in [5.74, 6) is 0.764. The summed E-state index contributed by atoms with van der Waals surface area (Å²) in [6.07, 6.45) is 0.496. The van der Waals surface area contributed by atoms with Gasteiger partial charge in [0.05, 0.1) is 18.8 Å². The third-order valence-electron chi connectivity index (χ3n) is 3.33. The SMILES string of the molecule is Cc1cc(COC2(C)CCN(C(=O)OC(C)(C)C)C2)no1. The van der Waals surface area contributed by atoms with Gasteiger partial charge in [-0.3, -0.25) is 0 Å². The van der Waals surface area contributed by atoms with Crippen LogP contribution in [0.2, 0.25) is 0 Å². The number of amides is 1. The fourth-order valence-electron chi connectivity index (χ4n) is 2.27. The number of aryl methyl sites for hydroxylation is 1. The molecule has 0 aliphatic carbocycles. The molecule has 1 saturated heterocycles. The lowest BCUT2D eigenvalue weighted by Gasteiger charge is -2.27. The van der Waals surface area contributed by atoms with Crippen LogP contribution in [0.4, 0.5) is 4.79 Å². The van der Waals surface area contributed by atoms with Gasteiger partial charge in [0, 0.05) is 12.6 Å². The van der Waals surface area contributed by atoms with Crippen LogP contribution in [0.15, 0.2) is 10.6 Å². The van der Waals surface area contributed by atoms with E-state index in [9.17, 15) is 4.79 Å². The van der Waals surface area contributed by atoms with Crippen molar-refractivity contribution in [2.45, 2.75) is 58.8 Å². The lowest BCUT2D eigenvalue weighted by Crippen LogP contribution is -2.39. The molecule has 1 aliphatic heterocycles. The molecule has 1 fully saturated rings. The molecule has 0 aromatic carbocycles. The average molecular weight is 296 g/mol. The summed E-state index contributed by atoms with van der Waals surface area (Å²) in [6, 6.07) is 1.85. The molecule has 1 atom stereocenters. The van der Waals surface area contributed by atoms with Gasteiger partial charge in [0.2, 0.25) is 0 Å². The summed E-state index contributed by atoms with van der Waals surface area (Å²) in [5, 5.41) is 3.91. The van der Waals surface area contributed by atoms with Crippen LogP contribution in [0, 0.1) is 6.92 Å². The molecule has 2 heterocycles. The summed E-state index contributed by atoms with van der Waals surface area (Å²) in [7, 11) is 0. The molecule has 0 N–H and O–H groups in total. The Hall–Kier alpha value is -1.56. The Labute approximate surface area is 125 Å². The highest BCUT2D eigenvalue weighted by molar-refractivity contribution is 5.68. The number of carbonyl (C=O) groups is 1. The predicted octanol–water partition coefficient (Wildman–Crippen LogP) is 2.90. The summed E-state index contributed by atoms with van der Waals surface area (Å²) in [6.45, 7) is 11.0. The van der Waals surface area contributed by atoms with Gasteiger partial charge in [-0.2, -0.15) is 0 Å². The van der Waals surface area contributed by atoms with E-state index in [1.165, 1.54) is 0 Å². The van der Waals surface area contributed by atoms with Gasteiger partial charge in [-0.1, -0.05) is 5.16 Å². The van der Waals surface area contributed by atoms with Gasteiger partial charge in [0.15, 0.2) is 0 Å². The van der Waals surface area contributed by atoms with E-state index in [4.69, 9.17) is 14.0 Å². The summed E-state index contributed by atoms with van der Waals surface area (Å²) in [5.41, 5.74) is -0.0803. The van der Waals surface area contributed by atoms with E-state index in [0.717, 1.165) is 17.9 Å². The normalized spacial score (nSPS) is 22.6. The minimum absolute atomic E-state index is 0.285. The van der Waals surface area contributed by atoms with Crippen LogP contribution in [0.3, 0.4) is 0 Å². The highest BCUT2D eigenvalue weighted by atomic mass is 16.6. The smallest absolute Gasteiger partial charge is 0.410 e. The van der Waals surface area contributed by atoms with Crippen LogP contribution < -0.4 is 0 Å². The molecule has 6 heteroatoms. The van der Waals surface area contributed by atoms with Crippen molar-refractivity contribution < 1.29 is 18.8 Å². The molecule has 118 valence electrons. The molecule has 1 aromatic rings. The topological polar surface area (TPSA) is 64.8 Å². The molecule has 21 heavy (non-hydrogen) atoms. The number of likely N-dealkylation sites (tertiary alicyclic amines) is 1. The number of carbonyl (C=O) groups excluding carboxylic acids is 1. The van der Waals surface area contributed by atoms with Crippen LogP contribution in [0.25, 0.3) is 0 Å². The van der Waals surface area contributed by atoms with Crippen LogP contribution in [0.5, 0.6) is 0 Å². The Bertz CT molecular complexity index is 506. The highest BCUT2D eigenvalue weighted by Gasteiger charge is 2.38. The number of hydrogen-bond acceptors (Lipinski definition) is 5. The fraction of sp³-hybridized carbons (Fsp3) is 0.733. The largest absolute Gasteiger partial charge is 0.444 e. The average Bonchev–Trinajstić information content (AvgIpc) is 2.92. The van der Waals surface area contributed by atoms with E-state index >= 15 is 0 Å². The Kier molecular flexibility index (Phi) is 4.27. The van der Waals surface area contributed by atoms with Crippen LogP contribution in [-0.2, 0) is 16.1 Å². The van der Waals surface area contributed by atoms with Crippen molar-refractivity contribution in [1.82, 2.24) is 10.1 Å². The maximum Gasteiger partial charge on any atom is 0.410 e. The Morgan fingerprint density at radius 3 is 2.81 bits per heavy atom. The second-order valence-electron chi connectivity index (χ2n) is 6.82. The molecule has 0 bridgehead atoms. The zero-order valence-electron chi connectivity index (χ0n) is 13.4. The molecule has 1 aromatic heterocycles. The number of aromatic nitrogens is 1. The number of nitrogens with zero attached hydrogens (tertiary/aromatic N) is 2. The van der Waals surface area contributed by atoms with Crippen molar-refractivity contribution >= 4 is 6.09 Å². The zero-order valence-corrected chi connectivity index (χ0v) is 13.4. The van der Waals surface area contributed by atoms with Crippen molar-refractivity contribution in [3.05, 3.63) is 17.5 Å². The molecule has 2 rings (SSSR count). The van der Waals surface area contributed by atoms with Crippen molar-refractivity contribution in [3.8, 4) is 0 Å². The minimum Gasteiger partial charge on any atom is -0.444 e. The van der Waals surface area contributed by atoms with E-state index in [1.807, 2.05) is 40.7 Å². The van der Waals surface area contributed by atoms with Gasteiger partial charge in [-0.15, -0.1) is 0 Å². The van der Waals surface area contributed by atoms with Crippen LogP contribution in [-0.4, -0.2) is 40.4 Å². The van der Waals surface area contributed by atoms with Gasteiger partial charge in [-0.25, -0.2) is 4.79 Å². The lowest BCUT2D eigenvalue weighted by molar-refractivity contribution is -0.0394. The first kappa shape index (κ1) is 15.8. The van der Waals surface area contributed by atoms with E-state index in [-0.39, 0.29) is 11.7 Å². The van der Waals surface area contributed by atoms with E-state index in [2.05, 4.69) is 5.16 Å². The number of rotatable bonds is 3. The predicted molar refractivity (Wildman–Crippen MR) is 76.9 cm³/mol. The minimum atomic E-state index is -0.477. The third-order valence-corrected chi connectivity index (χ3v) is 3.33. The summed E-state index contributed by atoms with van der Waals surface area (Å²) < 4.78 is 16.3. The standard InChI is InChI=1S/C15H24N2O4/c1-11-8-12(16-21-11)9-19-15(5)6-7-17(10-15)13(18)20-14(2,3)4/h8H,6-7,9-10H2,1-5H3. The molecule has 0 spiro atoms. The lowest BCUT2D eigenvalue weighted by atomic mass is 10.1. The van der Waals surface area contributed by atoms with Crippen LogP contribution in [0.1, 0.15) is 45.6 Å². The molecule has 1 unspecified atom stereocenters. The van der Waals surface area contributed by atoms with Crippen molar-refractivity contribution in [1.29, 1.82) is 0 Å². The van der Waals surface area contributed by atoms with E-state index < -0.39 is 5.60 Å². The molecule has 1 aliphatic rings. The number of ether oxygens (including phenoxy) is 2. The number of hydrogen-bond donors (Lipinski definition) is 0. The van der Waals surface area contributed by atoms with Gasteiger partial charge in [-0.05, 0) is 41.0 Å². The first-order valence-corrected chi connectivity index (χ1v) is 7.21. The molecule has 0 radical (unpaired) electrons. The second-order valence-corrected chi connectivity index (χ2v) is 6.82. The molecular weight excluding hydrogens is 272 g/mol. The quantitative estimate of drug-likeness (QED) is 0.858. The maximum atomic E-state index is 12.0. The molecule has 0 saturated carbocycles. The fourth-order valence-corrected chi connectivity index (χ4v) is 2.27. The zero-order chi connectivity index (χ0) is 15.7. The molecule has 6 nitrogen and oxygen atoms in total. The Morgan fingerprint density at radius 2 is 2.24 bits per heavy atom. The van der Waals surface area contributed by atoms with Gasteiger partial charge in [0.25, 0.3) is 0 Å². The van der Waals surface area contributed by atoms with Gasteiger partial charge >= 0.3 is 6.09 Å². The van der Waals surface area contributed by atoms with Crippen molar-refractivity contribution in [2.75, 3.05) is 13.1 Å². The van der Waals surface area contributed by atoms with E-state index in [0.29, 0.717) is 19.7 Å². The summed E-state index contributed by atoms with van der Waals surface area (Å²) in [4.78, 5) is 13.7. The molecule has 1 amide bonds. The highest BCUT2D eigenvalue weighted by Crippen LogP contribution is 2.27. The third kappa shape index (κ3) is 4.46. The van der Waals surface area contributed by atoms with Gasteiger partial charge < -0.3 is 18.9 Å². The second kappa shape index (κ2) is 5.67. The van der Waals surface area contributed by atoms with Crippen LogP contribution >= 0.6 is 0 Å². The first-order valence-electron chi connectivity index (χ1n) is 7.21. The van der Waals surface area contributed by atoms with Crippen molar-refractivity contribution in [3.63, 3.8) is 0 Å². The summed E-state index contributed by atoms with van der Waals surface area (Å²) >= 11 is 0. The van der Waals surface area contributed by atoms with Gasteiger partial charge in [0.1, 0.15) is 17.1 Å². The maximum absolute atomic E-state index is 12.0. The monoisotopic (exact) mass is 296 g/mol.